The van der Waals surface area contributed by atoms with E-state index in [0.29, 0.717) is 0 Å². The second-order valence-corrected chi connectivity index (χ2v) is 5.72. The normalized spacial score (nSPS) is 11.9. The molecule has 22 heavy (non-hydrogen) atoms. The molecule has 116 valence electrons. The summed E-state index contributed by atoms with van der Waals surface area (Å²) in [6.07, 6.45) is 0. The van der Waals surface area contributed by atoms with Gasteiger partial charge in [0.15, 0.2) is 0 Å². The van der Waals surface area contributed by atoms with Crippen LogP contribution in [0.25, 0.3) is 0 Å². The minimum absolute atomic E-state index is 0.0918. The van der Waals surface area contributed by atoms with Gasteiger partial charge < -0.3 is 10.6 Å². The van der Waals surface area contributed by atoms with Crippen molar-refractivity contribution in [3.05, 3.63) is 63.9 Å². The molecule has 0 fully saturated rings. The second-order valence-electron chi connectivity index (χ2n) is 5.29. The third-order valence-corrected chi connectivity index (χ3v) is 3.79. The first kappa shape index (κ1) is 16.3. The highest BCUT2D eigenvalue weighted by atomic mass is 35.5. The van der Waals surface area contributed by atoms with Gasteiger partial charge in [-0.1, -0.05) is 29.8 Å². The van der Waals surface area contributed by atoms with E-state index in [4.69, 9.17) is 11.6 Å². The molecule has 2 N–H and O–H groups in total. The standard InChI is InChI=1S/C17H18ClFN2O/c1-10-4-5-13(8-11(10)2)12(3)20-17(22)21-16-7-6-14(18)9-15(16)19/h4-9,12H,1-3H3,(H2,20,21,22)/t12-/m0/s1. The van der Waals surface area contributed by atoms with Crippen LogP contribution in [0.5, 0.6) is 0 Å². The molecule has 0 spiro atoms. The molecular formula is C17H18ClFN2O. The molecule has 0 aliphatic rings. The Kier molecular flexibility index (Phi) is 5.03. The molecule has 0 saturated heterocycles. The lowest BCUT2D eigenvalue weighted by molar-refractivity contribution is 0.249. The van der Waals surface area contributed by atoms with Crippen LogP contribution in [0.15, 0.2) is 36.4 Å². The van der Waals surface area contributed by atoms with Gasteiger partial charge in [-0.15, -0.1) is 0 Å². The van der Waals surface area contributed by atoms with Crippen molar-refractivity contribution in [3.8, 4) is 0 Å². The van der Waals surface area contributed by atoms with E-state index in [2.05, 4.69) is 10.6 Å². The predicted molar refractivity (Wildman–Crippen MR) is 87.9 cm³/mol. The van der Waals surface area contributed by atoms with Crippen molar-refractivity contribution in [2.24, 2.45) is 0 Å². The largest absolute Gasteiger partial charge is 0.331 e. The molecule has 2 aromatic rings. The van der Waals surface area contributed by atoms with Crippen LogP contribution in [0.3, 0.4) is 0 Å². The first-order valence-corrected chi connectivity index (χ1v) is 7.34. The number of aryl methyl sites for hydroxylation is 2. The topological polar surface area (TPSA) is 41.1 Å². The summed E-state index contributed by atoms with van der Waals surface area (Å²) in [6.45, 7) is 5.93. The summed E-state index contributed by atoms with van der Waals surface area (Å²) in [4.78, 5) is 12.0. The van der Waals surface area contributed by atoms with Gasteiger partial charge >= 0.3 is 6.03 Å². The third kappa shape index (κ3) is 3.98. The maximum Gasteiger partial charge on any atom is 0.319 e. The van der Waals surface area contributed by atoms with Crippen molar-refractivity contribution < 1.29 is 9.18 Å². The molecule has 3 nitrogen and oxygen atoms in total. The van der Waals surface area contributed by atoms with Gasteiger partial charge in [-0.2, -0.15) is 0 Å². The predicted octanol–water partition coefficient (Wildman–Crippen LogP) is 4.98. The molecule has 2 aromatic carbocycles. The number of nitrogens with one attached hydrogen (secondary N) is 2. The van der Waals surface area contributed by atoms with Crippen LogP contribution in [-0.4, -0.2) is 6.03 Å². The molecule has 0 heterocycles. The highest BCUT2D eigenvalue weighted by Crippen LogP contribution is 2.20. The lowest BCUT2D eigenvalue weighted by Gasteiger charge is -2.16. The maximum atomic E-state index is 13.6. The fourth-order valence-corrected chi connectivity index (χ4v) is 2.22. The van der Waals surface area contributed by atoms with Gasteiger partial charge in [0, 0.05) is 5.02 Å². The first-order chi connectivity index (χ1) is 10.4. The molecule has 0 bridgehead atoms. The average Bonchev–Trinajstić information content (AvgIpc) is 2.45. The van der Waals surface area contributed by atoms with Gasteiger partial charge in [0.2, 0.25) is 0 Å². The van der Waals surface area contributed by atoms with Crippen LogP contribution >= 0.6 is 11.6 Å². The van der Waals surface area contributed by atoms with Gasteiger partial charge in [-0.05, 0) is 55.7 Å². The number of rotatable bonds is 3. The van der Waals surface area contributed by atoms with Crippen molar-refractivity contribution in [2.75, 3.05) is 5.32 Å². The highest BCUT2D eigenvalue weighted by molar-refractivity contribution is 6.30. The number of hydrogen-bond donors (Lipinski definition) is 2. The Balaban J connectivity index is 2.03. The van der Waals surface area contributed by atoms with Crippen LogP contribution in [0.1, 0.15) is 29.7 Å². The number of anilines is 1. The lowest BCUT2D eigenvalue weighted by Crippen LogP contribution is -2.31. The fraction of sp³-hybridized carbons (Fsp3) is 0.235. The maximum absolute atomic E-state index is 13.6. The number of amides is 2. The van der Waals surface area contributed by atoms with E-state index >= 15 is 0 Å². The van der Waals surface area contributed by atoms with Gasteiger partial charge in [0.1, 0.15) is 5.82 Å². The molecule has 0 radical (unpaired) electrons. The number of hydrogen-bond acceptors (Lipinski definition) is 1. The summed E-state index contributed by atoms with van der Waals surface area (Å²) >= 11 is 5.68. The molecule has 5 heteroatoms. The molecule has 0 aromatic heterocycles. The summed E-state index contributed by atoms with van der Waals surface area (Å²) in [5.41, 5.74) is 3.45. The number of carbonyl (C=O) groups excluding carboxylic acids is 1. The number of halogens is 2. The Bertz CT molecular complexity index is 703. The Hall–Kier alpha value is -2.07. The third-order valence-electron chi connectivity index (χ3n) is 3.56. The fourth-order valence-electron chi connectivity index (χ4n) is 2.06. The van der Waals surface area contributed by atoms with E-state index in [9.17, 15) is 9.18 Å². The molecule has 0 unspecified atom stereocenters. The minimum Gasteiger partial charge on any atom is -0.331 e. The van der Waals surface area contributed by atoms with Gasteiger partial charge in [-0.3, -0.25) is 0 Å². The van der Waals surface area contributed by atoms with Crippen molar-refractivity contribution >= 4 is 23.3 Å². The van der Waals surface area contributed by atoms with E-state index in [1.165, 1.54) is 17.7 Å². The lowest BCUT2D eigenvalue weighted by atomic mass is 10.0. The summed E-state index contributed by atoms with van der Waals surface area (Å²) in [7, 11) is 0. The Morgan fingerprint density at radius 1 is 1.14 bits per heavy atom. The summed E-state index contributed by atoms with van der Waals surface area (Å²) in [6, 6.07) is 9.47. The number of urea groups is 1. The van der Waals surface area contributed by atoms with Crippen LogP contribution < -0.4 is 10.6 Å². The van der Waals surface area contributed by atoms with Crippen LogP contribution in [0.4, 0.5) is 14.9 Å². The average molecular weight is 321 g/mol. The monoisotopic (exact) mass is 320 g/mol. The molecular weight excluding hydrogens is 303 g/mol. The van der Waals surface area contributed by atoms with E-state index < -0.39 is 11.8 Å². The van der Waals surface area contributed by atoms with Gasteiger partial charge in [0.25, 0.3) is 0 Å². The van der Waals surface area contributed by atoms with Crippen LogP contribution in [0.2, 0.25) is 5.02 Å². The smallest absolute Gasteiger partial charge is 0.319 e. The Morgan fingerprint density at radius 2 is 1.86 bits per heavy atom. The quantitative estimate of drug-likeness (QED) is 0.823. The first-order valence-electron chi connectivity index (χ1n) is 6.96. The Morgan fingerprint density at radius 3 is 2.50 bits per heavy atom. The van der Waals surface area contributed by atoms with E-state index in [0.717, 1.165) is 17.2 Å². The summed E-state index contributed by atoms with van der Waals surface area (Å²) < 4.78 is 13.6. The SMILES string of the molecule is Cc1ccc([C@H](C)NC(=O)Nc2ccc(Cl)cc2F)cc1C. The van der Waals surface area contributed by atoms with Crippen molar-refractivity contribution in [3.63, 3.8) is 0 Å². The molecule has 0 saturated carbocycles. The zero-order chi connectivity index (χ0) is 16.3. The van der Waals surface area contributed by atoms with Crippen molar-refractivity contribution in [2.45, 2.75) is 26.8 Å². The van der Waals surface area contributed by atoms with Gasteiger partial charge in [0.05, 0.1) is 11.7 Å². The van der Waals surface area contributed by atoms with Crippen LogP contribution in [-0.2, 0) is 0 Å². The van der Waals surface area contributed by atoms with Gasteiger partial charge in [-0.25, -0.2) is 9.18 Å². The van der Waals surface area contributed by atoms with E-state index in [1.807, 2.05) is 39.0 Å². The number of benzene rings is 2. The summed E-state index contributed by atoms with van der Waals surface area (Å²) in [5.74, 6) is -0.568. The minimum atomic E-state index is -0.568. The Labute approximate surface area is 134 Å². The molecule has 1 atom stereocenters. The summed E-state index contributed by atoms with van der Waals surface area (Å²) in [5, 5.41) is 5.55. The highest BCUT2D eigenvalue weighted by Gasteiger charge is 2.12. The molecule has 0 aliphatic carbocycles. The zero-order valence-electron chi connectivity index (χ0n) is 12.7. The molecule has 2 rings (SSSR count). The number of carbonyl (C=O) groups is 1. The van der Waals surface area contributed by atoms with Crippen LogP contribution in [0, 0.1) is 19.7 Å². The van der Waals surface area contributed by atoms with Crippen molar-refractivity contribution in [1.29, 1.82) is 0 Å². The zero-order valence-corrected chi connectivity index (χ0v) is 13.5. The second kappa shape index (κ2) is 6.79. The van der Waals surface area contributed by atoms with Crippen molar-refractivity contribution in [1.82, 2.24) is 5.32 Å². The van der Waals surface area contributed by atoms with E-state index in [1.54, 1.807) is 0 Å². The molecule has 0 aliphatic heterocycles. The molecule has 2 amide bonds. The van der Waals surface area contributed by atoms with E-state index in [-0.39, 0.29) is 16.8 Å².